The summed E-state index contributed by atoms with van der Waals surface area (Å²) in [7, 11) is 3.52. The van der Waals surface area contributed by atoms with Crippen molar-refractivity contribution in [3.05, 3.63) is 0 Å². The highest BCUT2D eigenvalue weighted by Crippen LogP contribution is 2.14. The minimum absolute atomic E-state index is 0.0110. The molecule has 0 aromatic heterocycles. The van der Waals surface area contributed by atoms with Gasteiger partial charge in [0, 0.05) is 78.5 Å². The molecule has 2 unspecified atom stereocenters. The van der Waals surface area contributed by atoms with Gasteiger partial charge in [-0.25, -0.2) is 4.99 Å². The summed E-state index contributed by atoms with van der Waals surface area (Å²) in [5, 5.41) is 6.85. The van der Waals surface area contributed by atoms with Gasteiger partial charge in [0.1, 0.15) is 6.54 Å². The first-order valence-electron chi connectivity index (χ1n) is 9.38. The number of aliphatic imine (C=N–C) groups is 1. The van der Waals surface area contributed by atoms with E-state index < -0.39 is 0 Å². The number of guanidine groups is 1. The molecule has 4 saturated heterocycles. The molecule has 4 rings (SSSR count). The summed E-state index contributed by atoms with van der Waals surface area (Å²) in [6.45, 7) is 9.33. The second kappa shape index (κ2) is 8.82. The molecule has 0 spiro atoms. The maximum atomic E-state index is 11.8. The molecular weight excluding hydrogens is 320 g/mol. The Morgan fingerprint density at radius 2 is 1.96 bits per heavy atom. The number of ether oxygens (including phenoxy) is 1. The van der Waals surface area contributed by atoms with Crippen molar-refractivity contribution in [3.8, 4) is 0 Å². The third kappa shape index (κ3) is 5.29. The summed E-state index contributed by atoms with van der Waals surface area (Å²) in [6.07, 6.45) is 1.09. The largest absolute Gasteiger partial charge is 0.381 e. The molecule has 4 aliphatic rings. The molecule has 0 radical (unpaired) electrons. The second-order valence-electron chi connectivity index (χ2n) is 7.43. The van der Waals surface area contributed by atoms with Gasteiger partial charge in [-0.2, -0.15) is 0 Å². The van der Waals surface area contributed by atoms with Gasteiger partial charge >= 0.3 is 0 Å². The second-order valence-corrected chi connectivity index (χ2v) is 7.43. The van der Waals surface area contributed by atoms with Gasteiger partial charge in [0.15, 0.2) is 5.96 Å². The van der Waals surface area contributed by atoms with Gasteiger partial charge in [-0.3, -0.25) is 14.6 Å². The van der Waals surface area contributed by atoms with E-state index in [0.29, 0.717) is 12.0 Å². The molecule has 1 amide bonds. The monoisotopic (exact) mass is 352 g/mol. The van der Waals surface area contributed by atoms with Crippen LogP contribution in [0.3, 0.4) is 0 Å². The van der Waals surface area contributed by atoms with Crippen LogP contribution in [-0.2, 0) is 9.53 Å². The van der Waals surface area contributed by atoms with Gasteiger partial charge < -0.3 is 20.3 Å². The minimum atomic E-state index is 0.0110. The SMILES string of the molecule is CN(C)C(=O)CN=C(NCC1CCOC1)NCC1CN2CCN1CC2. The molecule has 8 heteroatoms. The fraction of sp³-hybridized carbons (Fsp3) is 0.882. The third-order valence-corrected chi connectivity index (χ3v) is 5.35. The summed E-state index contributed by atoms with van der Waals surface area (Å²) in [5.74, 6) is 1.27. The zero-order valence-corrected chi connectivity index (χ0v) is 15.5. The van der Waals surface area contributed by atoms with Crippen LogP contribution >= 0.6 is 0 Å². The maximum absolute atomic E-state index is 11.8. The molecule has 0 saturated carbocycles. The van der Waals surface area contributed by atoms with Crippen molar-refractivity contribution in [2.75, 3.05) is 79.7 Å². The Kier molecular flexibility index (Phi) is 6.50. The Hall–Kier alpha value is -1.38. The predicted octanol–water partition coefficient (Wildman–Crippen LogP) is -1.35. The molecule has 2 N–H and O–H groups in total. The molecule has 4 aliphatic heterocycles. The van der Waals surface area contributed by atoms with Crippen LogP contribution in [0.2, 0.25) is 0 Å². The van der Waals surface area contributed by atoms with Gasteiger partial charge in [0.25, 0.3) is 0 Å². The average Bonchev–Trinajstić information content (AvgIpc) is 3.15. The van der Waals surface area contributed by atoms with E-state index >= 15 is 0 Å². The topological polar surface area (TPSA) is 72.4 Å². The lowest BCUT2D eigenvalue weighted by atomic mass is 10.1. The Labute approximate surface area is 150 Å². The highest BCUT2D eigenvalue weighted by Gasteiger charge is 2.31. The zero-order chi connectivity index (χ0) is 17.6. The van der Waals surface area contributed by atoms with Gasteiger partial charge in [-0.15, -0.1) is 0 Å². The first-order chi connectivity index (χ1) is 12.1. The van der Waals surface area contributed by atoms with E-state index in [1.165, 1.54) is 13.1 Å². The number of carbonyl (C=O) groups is 1. The highest BCUT2D eigenvalue weighted by atomic mass is 16.5. The number of likely N-dealkylation sites (N-methyl/N-ethyl adjacent to an activating group) is 1. The van der Waals surface area contributed by atoms with Crippen molar-refractivity contribution < 1.29 is 9.53 Å². The molecule has 2 bridgehead atoms. The number of rotatable bonds is 6. The number of piperazine rings is 3. The van der Waals surface area contributed by atoms with Crippen LogP contribution in [0.25, 0.3) is 0 Å². The van der Waals surface area contributed by atoms with E-state index in [-0.39, 0.29) is 12.5 Å². The summed E-state index contributed by atoms with van der Waals surface area (Å²) in [6, 6.07) is 0.522. The van der Waals surface area contributed by atoms with Crippen LogP contribution in [0.15, 0.2) is 4.99 Å². The first kappa shape index (κ1) is 18.4. The quantitative estimate of drug-likeness (QED) is 0.455. The van der Waals surface area contributed by atoms with E-state index in [1.807, 2.05) is 0 Å². The van der Waals surface area contributed by atoms with Crippen molar-refractivity contribution in [1.29, 1.82) is 0 Å². The van der Waals surface area contributed by atoms with Crippen LogP contribution < -0.4 is 10.6 Å². The Bertz CT molecular complexity index is 470. The van der Waals surface area contributed by atoms with E-state index in [9.17, 15) is 4.79 Å². The predicted molar refractivity (Wildman–Crippen MR) is 97.7 cm³/mol. The number of nitrogens with one attached hydrogen (secondary N) is 2. The number of hydrogen-bond donors (Lipinski definition) is 2. The van der Waals surface area contributed by atoms with E-state index in [1.54, 1.807) is 19.0 Å². The molecule has 2 atom stereocenters. The third-order valence-electron chi connectivity index (χ3n) is 5.35. The standard InChI is InChI=1S/C17H32N6O2/c1-21(2)16(24)11-20-17(18-9-14-3-8-25-13-14)19-10-15-12-22-4-6-23(15)7-5-22/h14-15H,3-13H2,1-2H3,(H2,18,19,20). The summed E-state index contributed by atoms with van der Waals surface area (Å²) < 4.78 is 5.43. The number of nitrogens with zero attached hydrogens (tertiary/aromatic N) is 4. The van der Waals surface area contributed by atoms with E-state index in [4.69, 9.17) is 4.74 Å². The number of hydrogen-bond acceptors (Lipinski definition) is 5. The zero-order valence-electron chi connectivity index (χ0n) is 15.5. The lowest BCUT2D eigenvalue weighted by Gasteiger charge is -2.47. The Morgan fingerprint density at radius 3 is 2.56 bits per heavy atom. The van der Waals surface area contributed by atoms with Gasteiger partial charge in [-0.1, -0.05) is 0 Å². The molecule has 25 heavy (non-hydrogen) atoms. The summed E-state index contributed by atoms with van der Waals surface area (Å²) in [5.41, 5.74) is 0. The van der Waals surface area contributed by atoms with Gasteiger partial charge in [0.05, 0.1) is 6.61 Å². The molecule has 4 heterocycles. The van der Waals surface area contributed by atoms with E-state index in [0.717, 1.165) is 58.3 Å². The number of fused-ring (bicyclic) bond motifs is 3. The van der Waals surface area contributed by atoms with Crippen LogP contribution in [0, 0.1) is 5.92 Å². The van der Waals surface area contributed by atoms with Gasteiger partial charge in [0.2, 0.25) is 5.91 Å². The molecule has 0 aromatic rings. The molecular formula is C17H32N6O2. The minimum Gasteiger partial charge on any atom is -0.381 e. The van der Waals surface area contributed by atoms with Crippen molar-refractivity contribution in [3.63, 3.8) is 0 Å². The Morgan fingerprint density at radius 1 is 1.20 bits per heavy atom. The van der Waals surface area contributed by atoms with Crippen molar-refractivity contribution in [2.24, 2.45) is 10.9 Å². The number of carbonyl (C=O) groups excluding carboxylic acids is 1. The molecule has 8 nitrogen and oxygen atoms in total. The molecule has 4 fully saturated rings. The summed E-state index contributed by atoms with van der Waals surface area (Å²) >= 11 is 0. The van der Waals surface area contributed by atoms with Crippen LogP contribution in [0.1, 0.15) is 6.42 Å². The Balaban J connectivity index is 1.51. The summed E-state index contributed by atoms with van der Waals surface area (Å²) in [4.78, 5) is 23.0. The van der Waals surface area contributed by atoms with Crippen molar-refractivity contribution >= 4 is 11.9 Å². The van der Waals surface area contributed by atoms with Crippen LogP contribution in [-0.4, -0.2) is 112 Å². The smallest absolute Gasteiger partial charge is 0.243 e. The maximum Gasteiger partial charge on any atom is 0.243 e. The van der Waals surface area contributed by atoms with Crippen LogP contribution in [0.4, 0.5) is 0 Å². The highest BCUT2D eigenvalue weighted by molar-refractivity contribution is 5.84. The van der Waals surface area contributed by atoms with Crippen molar-refractivity contribution in [2.45, 2.75) is 12.5 Å². The lowest BCUT2D eigenvalue weighted by molar-refractivity contribution is -0.127. The molecule has 142 valence electrons. The normalized spacial score (nSPS) is 31.8. The average molecular weight is 352 g/mol. The fourth-order valence-corrected chi connectivity index (χ4v) is 3.58. The molecule has 0 aromatic carbocycles. The lowest BCUT2D eigenvalue weighted by Crippen LogP contribution is -2.64. The van der Waals surface area contributed by atoms with Crippen molar-refractivity contribution in [1.82, 2.24) is 25.3 Å². The van der Waals surface area contributed by atoms with Gasteiger partial charge in [-0.05, 0) is 6.42 Å². The fourth-order valence-electron chi connectivity index (χ4n) is 3.58. The molecule has 0 aliphatic carbocycles. The number of amides is 1. The van der Waals surface area contributed by atoms with E-state index in [2.05, 4.69) is 25.4 Å². The first-order valence-corrected chi connectivity index (χ1v) is 9.38. The van der Waals surface area contributed by atoms with Crippen LogP contribution in [0.5, 0.6) is 0 Å².